The van der Waals surface area contributed by atoms with Crippen LogP contribution in [0.15, 0.2) is 133 Å². The van der Waals surface area contributed by atoms with Crippen LogP contribution in [0.5, 0.6) is 17.2 Å². The van der Waals surface area contributed by atoms with E-state index in [1.54, 1.807) is 0 Å². The summed E-state index contributed by atoms with van der Waals surface area (Å²) in [5, 5.41) is 11.0. The average Bonchev–Trinajstić information content (AvgIpc) is 2.98. The van der Waals surface area contributed by atoms with Gasteiger partial charge in [-0.25, -0.2) is 0 Å². The minimum Gasteiger partial charge on any atom is -0.508 e. The zero-order valence-electron chi connectivity index (χ0n) is 21.9. The van der Waals surface area contributed by atoms with Crippen molar-refractivity contribution in [3.05, 3.63) is 167 Å². The summed E-state index contributed by atoms with van der Waals surface area (Å²) in [6, 6.07) is 42.4. The minimum atomic E-state index is 0.246. The first-order valence-electron chi connectivity index (χ1n) is 13.2. The van der Waals surface area contributed by atoms with Crippen molar-refractivity contribution in [1.82, 2.24) is 0 Å². The lowest BCUT2D eigenvalue weighted by Crippen LogP contribution is -2.00. The second kappa shape index (κ2) is 13.2. The minimum absolute atomic E-state index is 0.246. The predicted molar refractivity (Wildman–Crippen MR) is 158 cm³/mol. The van der Waals surface area contributed by atoms with Crippen LogP contribution in [0.1, 0.15) is 33.4 Å². The fraction of sp³-hybridized carbons (Fsp3) is 0.111. The number of aromatic hydroxyl groups is 1. The topological polar surface area (TPSA) is 38.7 Å². The average molecular weight is 513 g/mol. The molecule has 1 N–H and O–H groups in total. The SMILES string of the molecule is Oc1cc(Cc2ccccc2)cc(OCc2ccccc2)c1C/C=C/c1cccc(OCc2ccccc2)c1. The number of allylic oxidation sites excluding steroid dienone is 1. The third kappa shape index (κ3) is 7.62. The first kappa shape index (κ1) is 25.9. The molecular weight excluding hydrogens is 480 g/mol. The van der Waals surface area contributed by atoms with E-state index >= 15 is 0 Å². The van der Waals surface area contributed by atoms with E-state index < -0.39 is 0 Å². The van der Waals surface area contributed by atoms with Crippen LogP contribution in [0.4, 0.5) is 0 Å². The third-order valence-corrected chi connectivity index (χ3v) is 6.47. The van der Waals surface area contributed by atoms with E-state index in [1.807, 2.05) is 103 Å². The number of ether oxygens (including phenoxy) is 2. The molecule has 0 radical (unpaired) electrons. The quantitative estimate of drug-likeness (QED) is 0.193. The first-order chi connectivity index (χ1) is 19.2. The summed E-state index contributed by atoms with van der Waals surface area (Å²) < 4.78 is 12.2. The lowest BCUT2D eigenvalue weighted by atomic mass is 10.00. The number of phenolic OH excluding ortho intramolecular Hbond substituents is 1. The standard InChI is InChI=1S/C36H32O3/c37-35-24-32(22-28-12-4-1-5-13-28)25-36(39-27-31-16-8-3-9-17-31)34(35)21-11-19-29-18-10-20-33(23-29)38-26-30-14-6-2-7-15-30/h1-20,23-25,37H,21-22,26-27H2/b19-11+. The van der Waals surface area contributed by atoms with Gasteiger partial charge >= 0.3 is 0 Å². The summed E-state index contributed by atoms with van der Waals surface area (Å²) in [5.74, 6) is 1.77. The molecule has 0 fully saturated rings. The van der Waals surface area contributed by atoms with E-state index in [2.05, 4.69) is 36.4 Å². The molecule has 0 atom stereocenters. The van der Waals surface area contributed by atoms with Crippen molar-refractivity contribution in [2.24, 2.45) is 0 Å². The maximum absolute atomic E-state index is 11.0. The van der Waals surface area contributed by atoms with Crippen LogP contribution in [-0.2, 0) is 26.1 Å². The van der Waals surface area contributed by atoms with Crippen molar-refractivity contribution in [1.29, 1.82) is 0 Å². The van der Waals surface area contributed by atoms with E-state index in [-0.39, 0.29) is 5.75 Å². The highest BCUT2D eigenvalue weighted by Gasteiger charge is 2.12. The van der Waals surface area contributed by atoms with E-state index in [4.69, 9.17) is 9.47 Å². The molecule has 3 nitrogen and oxygen atoms in total. The van der Waals surface area contributed by atoms with Gasteiger partial charge in [0, 0.05) is 5.56 Å². The molecule has 0 heterocycles. The summed E-state index contributed by atoms with van der Waals surface area (Å²) >= 11 is 0. The molecular formula is C36H32O3. The number of benzene rings is 5. The van der Waals surface area contributed by atoms with Gasteiger partial charge in [0.2, 0.25) is 0 Å². The molecule has 0 spiro atoms. The van der Waals surface area contributed by atoms with Gasteiger partial charge in [0.1, 0.15) is 30.5 Å². The molecule has 0 unspecified atom stereocenters. The Balaban J connectivity index is 1.31. The maximum atomic E-state index is 11.0. The fourth-order valence-corrected chi connectivity index (χ4v) is 4.45. The largest absolute Gasteiger partial charge is 0.508 e. The van der Waals surface area contributed by atoms with E-state index in [9.17, 15) is 5.11 Å². The first-order valence-corrected chi connectivity index (χ1v) is 13.2. The zero-order valence-corrected chi connectivity index (χ0v) is 21.9. The Kier molecular flexibility index (Phi) is 8.73. The van der Waals surface area contributed by atoms with Crippen LogP contribution in [0.2, 0.25) is 0 Å². The molecule has 5 rings (SSSR count). The third-order valence-electron chi connectivity index (χ3n) is 6.47. The highest BCUT2D eigenvalue weighted by atomic mass is 16.5. The summed E-state index contributed by atoms with van der Waals surface area (Å²) in [5.41, 5.74) is 6.22. The summed E-state index contributed by atoms with van der Waals surface area (Å²) in [6.45, 7) is 0.964. The summed E-state index contributed by atoms with van der Waals surface area (Å²) in [4.78, 5) is 0. The van der Waals surface area contributed by atoms with Crippen molar-refractivity contribution in [3.63, 3.8) is 0 Å². The van der Waals surface area contributed by atoms with Crippen LogP contribution in [0.3, 0.4) is 0 Å². The van der Waals surface area contributed by atoms with Gasteiger partial charge in [-0.05, 0) is 64.9 Å². The van der Waals surface area contributed by atoms with Crippen LogP contribution in [-0.4, -0.2) is 5.11 Å². The van der Waals surface area contributed by atoms with Crippen LogP contribution < -0.4 is 9.47 Å². The van der Waals surface area contributed by atoms with Crippen molar-refractivity contribution < 1.29 is 14.6 Å². The Labute approximate surface area is 230 Å². The zero-order chi connectivity index (χ0) is 26.7. The van der Waals surface area contributed by atoms with Gasteiger partial charge < -0.3 is 14.6 Å². The molecule has 0 saturated heterocycles. The van der Waals surface area contributed by atoms with Crippen LogP contribution in [0, 0.1) is 0 Å². The smallest absolute Gasteiger partial charge is 0.127 e. The summed E-state index contributed by atoms with van der Waals surface area (Å²) in [7, 11) is 0. The van der Waals surface area contributed by atoms with Crippen LogP contribution >= 0.6 is 0 Å². The highest BCUT2D eigenvalue weighted by Crippen LogP contribution is 2.32. The molecule has 0 aromatic heterocycles. The maximum Gasteiger partial charge on any atom is 0.127 e. The predicted octanol–water partition coefficient (Wildman–Crippen LogP) is 8.40. The molecule has 0 aliphatic rings. The van der Waals surface area contributed by atoms with Crippen molar-refractivity contribution in [2.45, 2.75) is 26.1 Å². The Bertz CT molecular complexity index is 1490. The van der Waals surface area contributed by atoms with Gasteiger partial charge in [0.25, 0.3) is 0 Å². The molecule has 0 bridgehead atoms. The normalized spacial score (nSPS) is 11.0. The molecule has 5 aromatic carbocycles. The molecule has 5 aromatic rings. The summed E-state index contributed by atoms with van der Waals surface area (Å²) in [6.07, 6.45) is 5.37. The van der Waals surface area contributed by atoms with E-state index in [1.165, 1.54) is 5.56 Å². The van der Waals surface area contributed by atoms with Crippen molar-refractivity contribution >= 4 is 6.08 Å². The lowest BCUT2D eigenvalue weighted by Gasteiger charge is -2.15. The van der Waals surface area contributed by atoms with Crippen molar-refractivity contribution in [2.75, 3.05) is 0 Å². The second-order valence-electron chi connectivity index (χ2n) is 9.48. The van der Waals surface area contributed by atoms with Gasteiger partial charge in [0.15, 0.2) is 0 Å². The van der Waals surface area contributed by atoms with Gasteiger partial charge in [-0.2, -0.15) is 0 Å². The second-order valence-corrected chi connectivity index (χ2v) is 9.48. The van der Waals surface area contributed by atoms with E-state index in [0.29, 0.717) is 25.4 Å². The Hall–Kier alpha value is -4.76. The van der Waals surface area contributed by atoms with Gasteiger partial charge in [-0.1, -0.05) is 115 Å². The monoisotopic (exact) mass is 512 g/mol. The molecule has 0 saturated carbocycles. The molecule has 0 amide bonds. The Morgan fingerprint density at radius 2 is 1.18 bits per heavy atom. The Morgan fingerprint density at radius 3 is 1.85 bits per heavy atom. The van der Waals surface area contributed by atoms with Gasteiger partial charge in [0.05, 0.1) is 0 Å². The molecule has 3 heteroatoms. The lowest BCUT2D eigenvalue weighted by molar-refractivity contribution is 0.300. The Morgan fingerprint density at radius 1 is 0.564 bits per heavy atom. The van der Waals surface area contributed by atoms with Gasteiger partial charge in [-0.3, -0.25) is 0 Å². The molecule has 39 heavy (non-hydrogen) atoms. The fourth-order valence-electron chi connectivity index (χ4n) is 4.45. The number of hydrogen-bond donors (Lipinski definition) is 1. The van der Waals surface area contributed by atoms with E-state index in [0.717, 1.165) is 40.0 Å². The highest BCUT2D eigenvalue weighted by molar-refractivity contribution is 5.55. The molecule has 194 valence electrons. The van der Waals surface area contributed by atoms with Gasteiger partial charge in [-0.15, -0.1) is 0 Å². The molecule has 0 aliphatic heterocycles. The van der Waals surface area contributed by atoms with Crippen LogP contribution in [0.25, 0.3) is 6.08 Å². The molecule has 0 aliphatic carbocycles. The number of hydrogen-bond acceptors (Lipinski definition) is 3. The van der Waals surface area contributed by atoms with Crippen molar-refractivity contribution in [3.8, 4) is 17.2 Å². The number of rotatable bonds is 11. The number of phenols is 1.